The Morgan fingerprint density at radius 1 is 1.15 bits per heavy atom. The molecule has 0 bridgehead atoms. The predicted molar refractivity (Wildman–Crippen MR) is 121 cm³/mol. The molecule has 2 heterocycles. The number of halogens is 5. The zero-order valence-electron chi connectivity index (χ0n) is 18.7. The lowest BCUT2D eigenvalue weighted by Crippen LogP contribution is -2.42. The second-order valence-electron chi connectivity index (χ2n) is 9.20. The Hall–Kier alpha value is -2.43. The monoisotopic (exact) mass is 501 g/mol. The largest absolute Gasteiger partial charge is 0.471 e. The van der Waals surface area contributed by atoms with Crippen molar-refractivity contribution in [2.75, 3.05) is 5.32 Å². The third kappa shape index (κ3) is 5.39. The summed E-state index contributed by atoms with van der Waals surface area (Å²) in [7, 11) is -2.42. The van der Waals surface area contributed by atoms with Crippen molar-refractivity contribution < 1.29 is 26.8 Å². The first kappa shape index (κ1) is 25.2. The van der Waals surface area contributed by atoms with Crippen molar-refractivity contribution in [1.29, 1.82) is 0 Å². The van der Waals surface area contributed by atoms with Gasteiger partial charge in [-0.25, -0.2) is 9.37 Å². The van der Waals surface area contributed by atoms with E-state index in [1.54, 1.807) is 29.7 Å². The van der Waals surface area contributed by atoms with Crippen molar-refractivity contribution in [1.82, 2.24) is 9.38 Å². The summed E-state index contributed by atoms with van der Waals surface area (Å²) >= 11 is 6.36. The lowest BCUT2D eigenvalue weighted by Gasteiger charge is -2.39. The number of benzene rings is 1. The second-order valence-corrected chi connectivity index (χ2v) is 14.4. The fraction of sp³-hybridized carbons (Fsp3) is 0.364. The highest BCUT2D eigenvalue weighted by atomic mass is 35.5. The number of rotatable bonds is 5. The highest BCUT2D eigenvalue weighted by Gasteiger charge is 2.41. The van der Waals surface area contributed by atoms with Crippen LogP contribution in [0.5, 0.6) is 0 Å². The van der Waals surface area contributed by atoms with Gasteiger partial charge in [0.25, 0.3) is 0 Å². The standard InChI is InChI=1S/C22H24ClF4N3O2Si/c1-21(2,3)33(4,5)32-19(18-14(23)7-6-8-15(18)24)13-9-10-17-28-16(12-30(17)11-13)29-20(31)22(25,26)27/h6-12,19H,1-5H3,(H,29,31). The van der Waals surface area contributed by atoms with Crippen LogP contribution >= 0.6 is 11.6 Å². The van der Waals surface area contributed by atoms with Gasteiger partial charge >= 0.3 is 12.1 Å². The van der Waals surface area contributed by atoms with Crippen LogP contribution in [0.4, 0.5) is 23.4 Å². The third-order valence-electron chi connectivity index (χ3n) is 5.76. The predicted octanol–water partition coefficient (Wildman–Crippen LogP) is 6.74. The molecular formula is C22H24ClF4N3O2Si. The van der Waals surface area contributed by atoms with E-state index in [1.165, 1.54) is 22.7 Å². The molecule has 2 aromatic heterocycles. The molecule has 1 N–H and O–H groups in total. The van der Waals surface area contributed by atoms with Gasteiger partial charge in [0.2, 0.25) is 0 Å². The fourth-order valence-corrected chi connectivity index (χ4v) is 4.40. The highest BCUT2D eigenvalue weighted by Crippen LogP contribution is 2.43. The van der Waals surface area contributed by atoms with Gasteiger partial charge in [-0.05, 0) is 36.3 Å². The van der Waals surface area contributed by atoms with Gasteiger partial charge in [-0.15, -0.1) is 0 Å². The van der Waals surface area contributed by atoms with Crippen molar-refractivity contribution in [3.63, 3.8) is 0 Å². The minimum absolute atomic E-state index is 0.175. The first-order chi connectivity index (χ1) is 15.1. The Bertz CT molecular complexity index is 1170. The number of amides is 1. The molecule has 1 aromatic carbocycles. The lowest BCUT2D eigenvalue weighted by atomic mass is 10.0. The minimum Gasteiger partial charge on any atom is -0.406 e. The van der Waals surface area contributed by atoms with E-state index in [9.17, 15) is 22.4 Å². The van der Waals surface area contributed by atoms with Crippen molar-refractivity contribution in [3.8, 4) is 0 Å². The molecule has 5 nitrogen and oxygen atoms in total. The van der Waals surface area contributed by atoms with Crippen LogP contribution in [0.3, 0.4) is 0 Å². The van der Waals surface area contributed by atoms with Gasteiger partial charge in [-0.1, -0.05) is 44.5 Å². The van der Waals surface area contributed by atoms with Gasteiger partial charge < -0.3 is 14.1 Å². The van der Waals surface area contributed by atoms with Crippen LogP contribution in [0.1, 0.15) is 38.0 Å². The van der Waals surface area contributed by atoms with Gasteiger partial charge in [0.15, 0.2) is 14.1 Å². The summed E-state index contributed by atoms with van der Waals surface area (Å²) in [6.07, 6.45) is -3.08. The maximum absolute atomic E-state index is 14.9. The maximum Gasteiger partial charge on any atom is 0.471 e. The number of pyridine rings is 1. The second kappa shape index (κ2) is 8.73. The van der Waals surface area contributed by atoms with Gasteiger partial charge in [0.1, 0.15) is 17.6 Å². The Labute approximate surface area is 194 Å². The van der Waals surface area contributed by atoms with E-state index in [-0.39, 0.29) is 21.4 Å². The van der Waals surface area contributed by atoms with E-state index >= 15 is 0 Å². The molecule has 178 valence electrons. The lowest BCUT2D eigenvalue weighted by molar-refractivity contribution is -0.167. The quantitative estimate of drug-likeness (QED) is 0.311. The van der Waals surface area contributed by atoms with Crippen LogP contribution in [-0.2, 0) is 9.22 Å². The molecule has 0 spiro atoms. The molecule has 1 amide bonds. The normalized spacial score (nSPS) is 13.9. The van der Waals surface area contributed by atoms with Crippen LogP contribution in [0.15, 0.2) is 42.7 Å². The first-order valence-corrected chi connectivity index (χ1v) is 13.4. The van der Waals surface area contributed by atoms with Gasteiger partial charge in [-0.2, -0.15) is 13.2 Å². The van der Waals surface area contributed by atoms with Crippen molar-refractivity contribution in [2.24, 2.45) is 0 Å². The van der Waals surface area contributed by atoms with Crippen LogP contribution in [0.25, 0.3) is 5.65 Å². The number of aromatic nitrogens is 2. The number of nitrogens with one attached hydrogen (secondary N) is 1. The summed E-state index contributed by atoms with van der Waals surface area (Å²) in [6.45, 7) is 10.2. The van der Waals surface area contributed by atoms with Gasteiger partial charge in [0.05, 0.1) is 6.20 Å². The number of hydrogen-bond donors (Lipinski definition) is 1. The third-order valence-corrected chi connectivity index (χ3v) is 10.5. The van der Waals surface area contributed by atoms with Crippen molar-refractivity contribution in [3.05, 3.63) is 64.7 Å². The number of fused-ring (bicyclic) bond motifs is 1. The molecule has 0 aliphatic carbocycles. The number of alkyl halides is 3. The Balaban J connectivity index is 2.08. The van der Waals surface area contributed by atoms with E-state index in [0.717, 1.165) is 0 Å². The van der Waals surface area contributed by atoms with E-state index < -0.39 is 32.3 Å². The summed E-state index contributed by atoms with van der Waals surface area (Å²) in [5.74, 6) is -2.92. The SMILES string of the molecule is CC(C)(C)[Si](C)(C)OC(c1ccc2nc(NC(=O)C(F)(F)F)cn2c1)c1c(F)cccc1Cl. The minimum atomic E-state index is -5.04. The average molecular weight is 502 g/mol. The molecule has 11 heteroatoms. The molecule has 1 unspecified atom stereocenters. The summed E-state index contributed by atoms with van der Waals surface area (Å²) in [5.41, 5.74) is 1.00. The Morgan fingerprint density at radius 3 is 2.39 bits per heavy atom. The van der Waals surface area contributed by atoms with Crippen LogP contribution < -0.4 is 5.32 Å². The molecule has 0 fully saturated rings. The van der Waals surface area contributed by atoms with Crippen LogP contribution in [-0.4, -0.2) is 29.8 Å². The first-order valence-electron chi connectivity index (χ1n) is 10.1. The van der Waals surface area contributed by atoms with E-state index in [4.69, 9.17) is 16.0 Å². The molecule has 0 aliphatic heterocycles. The Morgan fingerprint density at radius 2 is 1.82 bits per heavy atom. The van der Waals surface area contributed by atoms with Crippen molar-refractivity contribution >= 4 is 37.3 Å². The van der Waals surface area contributed by atoms with Gasteiger partial charge in [0, 0.05) is 22.3 Å². The number of hydrogen-bond acceptors (Lipinski definition) is 3. The Kier molecular flexibility index (Phi) is 6.67. The smallest absolute Gasteiger partial charge is 0.406 e. The molecule has 3 rings (SSSR count). The number of carbonyl (C=O) groups excluding carboxylic acids is 1. The number of nitrogens with zero attached hydrogens (tertiary/aromatic N) is 2. The van der Waals surface area contributed by atoms with E-state index in [0.29, 0.717) is 11.2 Å². The topological polar surface area (TPSA) is 55.6 Å². The summed E-state index contributed by atoms with van der Waals surface area (Å²) < 4.78 is 60.6. The van der Waals surface area contributed by atoms with Crippen LogP contribution in [0.2, 0.25) is 23.2 Å². The van der Waals surface area contributed by atoms with Gasteiger partial charge in [-0.3, -0.25) is 4.79 Å². The zero-order chi connectivity index (χ0) is 24.8. The number of carbonyl (C=O) groups is 1. The molecule has 33 heavy (non-hydrogen) atoms. The number of anilines is 1. The highest BCUT2D eigenvalue weighted by molar-refractivity contribution is 6.74. The van der Waals surface area contributed by atoms with Crippen molar-refractivity contribution in [2.45, 2.75) is 51.2 Å². The van der Waals surface area contributed by atoms with E-state index in [2.05, 4.69) is 4.98 Å². The molecular weight excluding hydrogens is 478 g/mol. The fourth-order valence-electron chi connectivity index (χ4n) is 2.94. The molecule has 0 aliphatic rings. The zero-order valence-corrected chi connectivity index (χ0v) is 20.5. The number of imidazole rings is 1. The molecule has 0 radical (unpaired) electrons. The van der Waals surface area contributed by atoms with Crippen LogP contribution in [0, 0.1) is 5.82 Å². The maximum atomic E-state index is 14.9. The molecule has 0 saturated carbocycles. The summed E-state index contributed by atoms with van der Waals surface area (Å²) in [4.78, 5) is 15.2. The molecule has 3 aromatic rings. The average Bonchev–Trinajstić information content (AvgIpc) is 3.06. The van der Waals surface area contributed by atoms with E-state index in [1.807, 2.05) is 33.9 Å². The molecule has 1 atom stereocenters. The summed E-state index contributed by atoms with van der Waals surface area (Å²) in [5, 5.41) is 1.74. The summed E-state index contributed by atoms with van der Waals surface area (Å²) in [6, 6.07) is 7.57. The molecule has 0 saturated heterocycles.